The van der Waals surface area contributed by atoms with E-state index in [1.54, 1.807) is 13.8 Å². The summed E-state index contributed by atoms with van der Waals surface area (Å²) < 4.78 is 36.9. The van der Waals surface area contributed by atoms with Crippen molar-refractivity contribution in [3.05, 3.63) is 24.0 Å². The van der Waals surface area contributed by atoms with Gasteiger partial charge in [0.1, 0.15) is 6.54 Å². The standard InChI is InChI=1S/C11H15F3N2O/c1-3-16(7-11(12,13)14)9-4-5-10(8(2)17)15-6-9/h4-6,8,17H,3,7H2,1-2H3/t8-/m1/s1. The number of alkyl halides is 3. The van der Waals surface area contributed by atoms with Crippen molar-refractivity contribution in [3.63, 3.8) is 0 Å². The van der Waals surface area contributed by atoms with E-state index in [1.807, 2.05) is 0 Å². The van der Waals surface area contributed by atoms with Crippen LogP contribution in [0.4, 0.5) is 18.9 Å². The third kappa shape index (κ3) is 4.22. The summed E-state index contributed by atoms with van der Waals surface area (Å²) in [6.45, 7) is 2.44. The minimum absolute atomic E-state index is 0.245. The summed E-state index contributed by atoms with van der Waals surface area (Å²) in [5.74, 6) is 0. The van der Waals surface area contributed by atoms with E-state index < -0.39 is 18.8 Å². The van der Waals surface area contributed by atoms with E-state index in [0.717, 1.165) is 0 Å². The van der Waals surface area contributed by atoms with Gasteiger partial charge < -0.3 is 10.0 Å². The summed E-state index contributed by atoms with van der Waals surface area (Å²) in [5, 5.41) is 9.24. The molecule has 17 heavy (non-hydrogen) atoms. The number of hydrogen-bond donors (Lipinski definition) is 1. The fourth-order valence-electron chi connectivity index (χ4n) is 1.43. The molecule has 0 saturated carbocycles. The number of halogens is 3. The van der Waals surface area contributed by atoms with Crippen molar-refractivity contribution in [2.45, 2.75) is 26.1 Å². The summed E-state index contributed by atoms with van der Waals surface area (Å²) in [5.41, 5.74) is 0.839. The molecule has 0 aliphatic rings. The Kier molecular flexibility index (Phi) is 4.34. The average molecular weight is 248 g/mol. The molecule has 0 fully saturated rings. The van der Waals surface area contributed by atoms with Crippen molar-refractivity contribution in [2.24, 2.45) is 0 Å². The maximum Gasteiger partial charge on any atom is 0.405 e. The minimum atomic E-state index is -4.24. The minimum Gasteiger partial charge on any atom is -0.387 e. The second-order valence-corrected chi connectivity index (χ2v) is 3.75. The summed E-state index contributed by atoms with van der Waals surface area (Å²) in [6.07, 6.45) is -3.61. The lowest BCUT2D eigenvalue weighted by atomic mass is 10.2. The highest BCUT2D eigenvalue weighted by atomic mass is 19.4. The number of pyridine rings is 1. The Morgan fingerprint density at radius 3 is 2.41 bits per heavy atom. The average Bonchev–Trinajstić information content (AvgIpc) is 2.25. The zero-order valence-electron chi connectivity index (χ0n) is 9.70. The Bertz CT molecular complexity index is 349. The molecule has 0 bridgehead atoms. The number of hydrogen-bond acceptors (Lipinski definition) is 3. The normalized spacial score (nSPS) is 13.5. The van der Waals surface area contributed by atoms with E-state index in [1.165, 1.54) is 23.2 Å². The van der Waals surface area contributed by atoms with Gasteiger partial charge in [-0.2, -0.15) is 13.2 Å². The Balaban J connectivity index is 2.82. The van der Waals surface area contributed by atoms with Gasteiger partial charge >= 0.3 is 6.18 Å². The molecule has 0 aromatic carbocycles. The molecule has 1 rings (SSSR count). The number of anilines is 1. The first-order chi connectivity index (χ1) is 7.83. The third-order valence-corrected chi connectivity index (χ3v) is 2.32. The van der Waals surface area contributed by atoms with Gasteiger partial charge in [0, 0.05) is 6.54 Å². The predicted octanol–water partition coefficient (Wildman–Crippen LogP) is 2.52. The number of aliphatic hydroxyl groups is 1. The highest BCUT2D eigenvalue weighted by Crippen LogP contribution is 2.22. The van der Waals surface area contributed by atoms with Crippen LogP contribution in [-0.4, -0.2) is 29.4 Å². The van der Waals surface area contributed by atoms with Crippen LogP contribution in [0.2, 0.25) is 0 Å². The first-order valence-corrected chi connectivity index (χ1v) is 5.29. The predicted molar refractivity (Wildman–Crippen MR) is 58.8 cm³/mol. The molecule has 0 aliphatic carbocycles. The van der Waals surface area contributed by atoms with Crippen molar-refractivity contribution >= 4 is 5.69 Å². The molecule has 1 aromatic heterocycles. The number of rotatable bonds is 4. The lowest BCUT2D eigenvalue weighted by Gasteiger charge is -2.24. The van der Waals surface area contributed by atoms with Gasteiger partial charge in [0.25, 0.3) is 0 Å². The molecule has 1 N–H and O–H groups in total. The van der Waals surface area contributed by atoms with Crippen LogP contribution in [-0.2, 0) is 0 Å². The molecule has 1 aromatic rings. The largest absolute Gasteiger partial charge is 0.405 e. The molecular weight excluding hydrogens is 233 g/mol. The second-order valence-electron chi connectivity index (χ2n) is 3.75. The van der Waals surface area contributed by atoms with E-state index in [0.29, 0.717) is 11.4 Å². The van der Waals surface area contributed by atoms with Crippen LogP contribution in [0.15, 0.2) is 18.3 Å². The molecule has 0 amide bonds. The van der Waals surface area contributed by atoms with E-state index in [2.05, 4.69) is 4.98 Å². The maximum atomic E-state index is 12.3. The first-order valence-electron chi connectivity index (χ1n) is 5.29. The van der Waals surface area contributed by atoms with Crippen LogP contribution in [0, 0.1) is 0 Å². The van der Waals surface area contributed by atoms with Crippen LogP contribution in [0.1, 0.15) is 25.6 Å². The summed E-state index contributed by atoms with van der Waals surface area (Å²) >= 11 is 0. The summed E-state index contributed by atoms with van der Waals surface area (Å²) in [6, 6.07) is 3.06. The zero-order valence-corrected chi connectivity index (χ0v) is 9.70. The maximum absolute atomic E-state index is 12.3. The number of nitrogens with zero attached hydrogens (tertiary/aromatic N) is 2. The molecule has 1 heterocycles. The molecular formula is C11H15F3N2O. The number of aromatic nitrogens is 1. The van der Waals surface area contributed by atoms with Gasteiger partial charge in [-0.3, -0.25) is 4.98 Å². The van der Waals surface area contributed by atoms with Gasteiger partial charge in [-0.15, -0.1) is 0 Å². The SMILES string of the molecule is CCN(CC(F)(F)F)c1ccc([C@@H](C)O)nc1. The van der Waals surface area contributed by atoms with Crippen molar-refractivity contribution in [3.8, 4) is 0 Å². The molecule has 6 heteroatoms. The highest BCUT2D eigenvalue weighted by Gasteiger charge is 2.30. The lowest BCUT2D eigenvalue weighted by Crippen LogP contribution is -2.34. The molecule has 1 atom stereocenters. The van der Waals surface area contributed by atoms with Crippen molar-refractivity contribution in [1.82, 2.24) is 4.98 Å². The fraction of sp³-hybridized carbons (Fsp3) is 0.545. The van der Waals surface area contributed by atoms with Gasteiger partial charge in [0.2, 0.25) is 0 Å². The molecule has 0 radical (unpaired) electrons. The summed E-state index contributed by atoms with van der Waals surface area (Å²) in [4.78, 5) is 5.10. The summed E-state index contributed by atoms with van der Waals surface area (Å²) in [7, 11) is 0. The first kappa shape index (κ1) is 13.8. The lowest BCUT2D eigenvalue weighted by molar-refractivity contribution is -0.119. The van der Waals surface area contributed by atoms with Crippen LogP contribution in [0.25, 0.3) is 0 Å². The van der Waals surface area contributed by atoms with Crippen LogP contribution >= 0.6 is 0 Å². The third-order valence-electron chi connectivity index (χ3n) is 2.32. The smallest absolute Gasteiger partial charge is 0.387 e. The van der Waals surface area contributed by atoms with E-state index in [-0.39, 0.29) is 6.54 Å². The van der Waals surface area contributed by atoms with Gasteiger partial charge in [-0.25, -0.2) is 0 Å². The van der Waals surface area contributed by atoms with Crippen molar-refractivity contribution in [2.75, 3.05) is 18.0 Å². The van der Waals surface area contributed by atoms with Crippen LogP contribution in [0.3, 0.4) is 0 Å². The highest BCUT2D eigenvalue weighted by molar-refractivity contribution is 5.44. The quantitative estimate of drug-likeness (QED) is 0.889. The van der Waals surface area contributed by atoms with E-state index in [4.69, 9.17) is 0 Å². The van der Waals surface area contributed by atoms with Gasteiger partial charge in [0.15, 0.2) is 0 Å². The molecule has 0 aliphatic heterocycles. The van der Waals surface area contributed by atoms with E-state index in [9.17, 15) is 18.3 Å². The Morgan fingerprint density at radius 1 is 1.41 bits per heavy atom. The topological polar surface area (TPSA) is 36.4 Å². The Hall–Kier alpha value is -1.30. The van der Waals surface area contributed by atoms with Crippen LogP contribution < -0.4 is 4.90 Å². The molecule has 0 spiro atoms. The monoisotopic (exact) mass is 248 g/mol. The molecule has 0 unspecified atom stereocenters. The molecule has 96 valence electrons. The van der Waals surface area contributed by atoms with Crippen molar-refractivity contribution in [1.29, 1.82) is 0 Å². The molecule has 0 saturated heterocycles. The Morgan fingerprint density at radius 2 is 2.06 bits per heavy atom. The zero-order chi connectivity index (χ0) is 13.1. The van der Waals surface area contributed by atoms with E-state index >= 15 is 0 Å². The second kappa shape index (κ2) is 5.35. The van der Waals surface area contributed by atoms with Crippen molar-refractivity contribution < 1.29 is 18.3 Å². The van der Waals surface area contributed by atoms with Crippen LogP contribution in [0.5, 0.6) is 0 Å². The Labute approximate surface area is 97.9 Å². The number of aliphatic hydroxyl groups excluding tert-OH is 1. The van der Waals surface area contributed by atoms with Gasteiger partial charge in [-0.05, 0) is 26.0 Å². The van der Waals surface area contributed by atoms with Gasteiger partial charge in [0.05, 0.1) is 23.7 Å². The fourth-order valence-corrected chi connectivity index (χ4v) is 1.43. The molecule has 3 nitrogen and oxygen atoms in total. The van der Waals surface area contributed by atoms with Gasteiger partial charge in [-0.1, -0.05) is 0 Å².